The SMILES string of the molecule is CCCCCC(C)(C)c1cc(-n2nc3ccc(F)cc3n2)c(O)c(C(C)(C)c2ccccc2)c1. The summed E-state index contributed by atoms with van der Waals surface area (Å²) in [7, 11) is 0. The van der Waals surface area contributed by atoms with E-state index in [2.05, 4.69) is 63.0 Å². The van der Waals surface area contributed by atoms with E-state index in [1.165, 1.54) is 29.8 Å². The topological polar surface area (TPSA) is 50.9 Å². The zero-order valence-electron chi connectivity index (χ0n) is 20.8. The Morgan fingerprint density at radius 2 is 1.56 bits per heavy atom. The molecular formula is C29H34FN3O. The molecule has 0 aliphatic rings. The molecule has 0 saturated heterocycles. The lowest BCUT2D eigenvalue weighted by Crippen LogP contribution is -2.23. The van der Waals surface area contributed by atoms with Crippen molar-refractivity contribution in [2.24, 2.45) is 0 Å². The molecule has 0 aliphatic carbocycles. The standard InChI is InChI=1S/C29H34FN3O/c1-6-7-11-16-28(2,3)21-17-23(29(4,5)20-12-9-8-10-13-20)27(34)26(18-21)33-31-24-15-14-22(30)19-25(24)32-33/h8-10,12-15,17-19,34H,6-7,11,16H2,1-5H3. The first-order valence-corrected chi connectivity index (χ1v) is 12.1. The number of rotatable bonds is 8. The van der Waals surface area contributed by atoms with Crippen LogP contribution in [0.15, 0.2) is 60.7 Å². The van der Waals surface area contributed by atoms with Gasteiger partial charge in [0.15, 0.2) is 0 Å². The van der Waals surface area contributed by atoms with Crippen LogP contribution in [-0.4, -0.2) is 20.1 Å². The average molecular weight is 460 g/mol. The summed E-state index contributed by atoms with van der Waals surface area (Å²) in [6.07, 6.45) is 4.54. The molecule has 0 bridgehead atoms. The van der Waals surface area contributed by atoms with E-state index in [0.717, 1.165) is 29.5 Å². The van der Waals surface area contributed by atoms with Crippen LogP contribution in [0.3, 0.4) is 0 Å². The largest absolute Gasteiger partial charge is 0.505 e. The number of phenolic OH excluding ortho intramolecular Hbond substituents is 1. The molecule has 0 fully saturated rings. The first-order chi connectivity index (χ1) is 16.1. The van der Waals surface area contributed by atoms with Gasteiger partial charge in [-0.2, -0.15) is 0 Å². The number of hydrogen-bond acceptors (Lipinski definition) is 3. The highest BCUT2D eigenvalue weighted by molar-refractivity contribution is 5.74. The summed E-state index contributed by atoms with van der Waals surface area (Å²) in [5, 5.41) is 20.6. The third-order valence-electron chi connectivity index (χ3n) is 7.00. The predicted octanol–water partition coefficient (Wildman–Crippen LogP) is 7.45. The van der Waals surface area contributed by atoms with E-state index in [1.807, 2.05) is 24.3 Å². The number of phenols is 1. The first kappa shape index (κ1) is 23.9. The highest BCUT2D eigenvalue weighted by Crippen LogP contribution is 2.43. The van der Waals surface area contributed by atoms with E-state index < -0.39 is 5.41 Å². The van der Waals surface area contributed by atoms with Crippen LogP contribution in [-0.2, 0) is 10.8 Å². The molecule has 4 nitrogen and oxygen atoms in total. The lowest BCUT2D eigenvalue weighted by atomic mass is 9.73. The maximum atomic E-state index is 13.8. The fraction of sp³-hybridized carbons (Fsp3) is 0.379. The molecule has 1 N–H and O–H groups in total. The number of halogens is 1. The third kappa shape index (κ3) is 4.56. The van der Waals surface area contributed by atoms with Crippen molar-refractivity contribution in [2.75, 3.05) is 0 Å². The van der Waals surface area contributed by atoms with Crippen molar-refractivity contribution >= 4 is 11.0 Å². The molecule has 5 heteroatoms. The molecule has 4 rings (SSSR count). The van der Waals surface area contributed by atoms with Crippen LogP contribution in [0.25, 0.3) is 16.7 Å². The van der Waals surface area contributed by atoms with Crippen LogP contribution < -0.4 is 0 Å². The normalized spacial score (nSPS) is 12.4. The fourth-order valence-electron chi connectivity index (χ4n) is 4.61. The zero-order chi connectivity index (χ0) is 24.5. The van der Waals surface area contributed by atoms with Crippen LogP contribution in [0, 0.1) is 5.82 Å². The summed E-state index contributed by atoms with van der Waals surface area (Å²) < 4.78 is 13.8. The second-order valence-electron chi connectivity index (χ2n) is 10.3. The fourth-order valence-corrected chi connectivity index (χ4v) is 4.61. The smallest absolute Gasteiger partial charge is 0.147 e. The van der Waals surface area contributed by atoms with Crippen molar-refractivity contribution in [3.8, 4) is 11.4 Å². The summed E-state index contributed by atoms with van der Waals surface area (Å²) in [5.41, 5.74) is 4.06. The average Bonchev–Trinajstić information content (AvgIpc) is 3.22. The second kappa shape index (κ2) is 9.21. The number of hydrogen-bond donors (Lipinski definition) is 1. The number of unbranched alkanes of at least 4 members (excludes halogenated alkanes) is 2. The Hall–Kier alpha value is -3.21. The Kier molecular flexibility index (Phi) is 6.48. The zero-order valence-corrected chi connectivity index (χ0v) is 20.8. The molecule has 178 valence electrons. The number of benzene rings is 3. The number of aromatic nitrogens is 3. The van der Waals surface area contributed by atoms with Gasteiger partial charge in [0.25, 0.3) is 0 Å². The van der Waals surface area contributed by atoms with Gasteiger partial charge in [-0.05, 0) is 41.2 Å². The third-order valence-corrected chi connectivity index (χ3v) is 7.00. The van der Waals surface area contributed by atoms with E-state index in [4.69, 9.17) is 0 Å². The molecule has 0 spiro atoms. The lowest BCUT2D eigenvalue weighted by molar-refractivity contribution is 0.433. The van der Waals surface area contributed by atoms with Gasteiger partial charge in [-0.15, -0.1) is 15.0 Å². The molecule has 0 radical (unpaired) electrons. The molecule has 1 aromatic heterocycles. The van der Waals surface area contributed by atoms with Crippen molar-refractivity contribution in [3.05, 3.63) is 83.2 Å². The molecule has 0 atom stereocenters. The van der Waals surface area contributed by atoms with E-state index >= 15 is 0 Å². The van der Waals surface area contributed by atoms with Gasteiger partial charge in [0.05, 0.1) is 0 Å². The Labute approximate surface area is 201 Å². The second-order valence-corrected chi connectivity index (χ2v) is 10.3. The van der Waals surface area contributed by atoms with Gasteiger partial charge in [0.1, 0.15) is 28.3 Å². The van der Waals surface area contributed by atoms with Gasteiger partial charge < -0.3 is 5.11 Å². The summed E-state index contributed by atoms with van der Waals surface area (Å²) in [5.74, 6) is -0.219. The minimum absolute atomic E-state index is 0.0994. The maximum absolute atomic E-state index is 13.8. The Balaban J connectivity index is 1.92. The van der Waals surface area contributed by atoms with E-state index in [1.54, 1.807) is 6.07 Å². The van der Waals surface area contributed by atoms with Crippen LogP contribution in [0.4, 0.5) is 4.39 Å². The van der Waals surface area contributed by atoms with E-state index in [-0.39, 0.29) is 17.0 Å². The van der Waals surface area contributed by atoms with Crippen LogP contribution in [0.1, 0.15) is 77.0 Å². The molecule has 34 heavy (non-hydrogen) atoms. The molecule has 4 aromatic rings. The summed E-state index contributed by atoms with van der Waals surface area (Å²) in [6.45, 7) is 11.0. The van der Waals surface area contributed by atoms with E-state index in [0.29, 0.717) is 16.7 Å². The Morgan fingerprint density at radius 1 is 0.853 bits per heavy atom. The predicted molar refractivity (Wildman–Crippen MR) is 136 cm³/mol. The van der Waals surface area contributed by atoms with Crippen molar-refractivity contribution in [3.63, 3.8) is 0 Å². The quantitative estimate of drug-likeness (QED) is 0.278. The Morgan fingerprint density at radius 3 is 2.26 bits per heavy atom. The molecule has 0 amide bonds. The highest BCUT2D eigenvalue weighted by Gasteiger charge is 2.32. The van der Waals surface area contributed by atoms with Crippen LogP contribution >= 0.6 is 0 Å². The molecule has 0 aliphatic heterocycles. The number of aromatic hydroxyl groups is 1. The van der Waals surface area contributed by atoms with Crippen LogP contribution in [0.5, 0.6) is 5.75 Å². The molecular weight excluding hydrogens is 425 g/mol. The van der Waals surface area contributed by atoms with Crippen molar-refractivity contribution in [2.45, 2.75) is 71.1 Å². The summed E-state index contributed by atoms with van der Waals surface area (Å²) in [6, 6.07) is 18.7. The molecule has 3 aromatic carbocycles. The molecule has 0 saturated carbocycles. The number of nitrogens with zero attached hydrogens (tertiary/aromatic N) is 3. The van der Waals surface area contributed by atoms with Gasteiger partial charge in [-0.3, -0.25) is 0 Å². The summed E-state index contributed by atoms with van der Waals surface area (Å²) in [4.78, 5) is 1.44. The Bertz CT molecular complexity index is 1290. The monoisotopic (exact) mass is 459 g/mol. The van der Waals surface area contributed by atoms with Gasteiger partial charge in [-0.1, -0.05) is 90.3 Å². The maximum Gasteiger partial charge on any atom is 0.147 e. The van der Waals surface area contributed by atoms with Crippen molar-refractivity contribution in [1.82, 2.24) is 15.0 Å². The van der Waals surface area contributed by atoms with Gasteiger partial charge in [0, 0.05) is 17.0 Å². The minimum Gasteiger partial charge on any atom is -0.505 e. The highest BCUT2D eigenvalue weighted by atomic mass is 19.1. The summed E-state index contributed by atoms with van der Waals surface area (Å²) >= 11 is 0. The number of fused-ring (bicyclic) bond motifs is 1. The van der Waals surface area contributed by atoms with Crippen LogP contribution in [0.2, 0.25) is 0 Å². The molecule has 0 unspecified atom stereocenters. The first-order valence-electron chi connectivity index (χ1n) is 12.1. The van der Waals surface area contributed by atoms with E-state index in [9.17, 15) is 9.50 Å². The van der Waals surface area contributed by atoms with Crippen molar-refractivity contribution in [1.29, 1.82) is 0 Å². The van der Waals surface area contributed by atoms with Gasteiger partial charge in [-0.25, -0.2) is 4.39 Å². The molecule has 1 heterocycles. The lowest BCUT2D eigenvalue weighted by Gasteiger charge is -2.32. The van der Waals surface area contributed by atoms with Gasteiger partial charge in [0.2, 0.25) is 0 Å². The van der Waals surface area contributed by atoms with Gasteiger partial charge >= 0.3 is 0 Å². The minimum atomic E-state index is -0.450. The van der Waals surface area contributed by atoms with Crippen molar-refractivity contribution < 1.29 is 9.50 Å².